The Balaban J connectivity index is 0.00000304. The van der Waals surface area contributed by atoms with E-state index in [1.807, 2.05) is 24.3 Å². The second-order valence-electron chi connectivity index (χ2n) is 8.27. The van der Waals surface area contributed by atoms with Gasteiger partial charge in [0.25, 0.3) is 15.9 Å². The zero-order chi connectivity index (χ0) is 24.3. The van der Waals surface area contributed by atoms with Crippen LogP contribution in [0.15, 0.2) is 87.3 Å². The minimum atomic E-state index is -3.75. The summed E-state index contributed by atoms with van der Waals surface area (Å²) in [6.45, 7) is 0.633. The van der Waals surface area contributed by atoms with Crippen LogP contribution in [0, 0.1) is 0 Å². The Morgan fingerprint density at radius 2 is 1.75 bits per heavy atom. The first kappa shape index (κ1) is 25.1. The molecule has 2 aromatic heterocycles. The van der Waals surface area contributed by atoms with Crippen molar-refractivity contribution in [2.24, 2.45) is 4.99 Å². The average Bonchev–Trinajstić information content (AvgIpc) is 3.29. The lowest BCUT2D eigenvalue weighted by Gasteiger charge is -2.12. The van der Waals surface area contributed by atoms with Gasteiger partial charge in [0.1, 0.15) is 11.5 Å². The van der Waals surface area contributed by atoms with Crippen LogP contribution < -0.4 is 10.0 Å². The number of fused-ring (bicyclic) bond motifs is 1. The second kappa shape index (κ2) is 10.7. The molecule has 0 spiro atoms. The molecule has 2 N–H and O–H groups in total. The van der Waals surface area contributed by atoms with E-state index in [1.165, 1.54) is 12.1 Å². The van der Waals surface area contributed by atoms with Gasteiger partial charge in [-0.05, 0) is 61.4 Å². The number of rotatable bonds is 5. The minimum Gasteiger partial charge on any atom is -0.463 e. The number of furan rings is 1. The van der Waals surface area contributed by atoms with E-state index in [0.717, 1.165) is 19.3 Å². The summed E-state index contributed by atoms with van der Waals surface area (Å²) in [6.07, 6.45) is 5.10. The van der Waals surface area contributed by atoms with Crippen LogP contribution in [0.4, 0.5) is 5.69 Å². The molecule has 0 saturated heterocycles. The number of sulfonamides is 1. The number of nitrogens with zero attached hydrogens (tertiary/aromatic N) is 2. The van der Waals surface area contributed by atoms with Crippen molar-refractivity contribution in [2.45, 2.75) is 38.0 Å². The summed E-state index contributed by atoms with van der Waals surface area (Å²) in [7, 11) is -3.75. The number of carbonyl (C=O) groups excluding carboxylic acids is 1. The van der Waals surface area contributed by atoms with Crippen LogP contribution in [0.1, 0.15) is 43.5 Å². The zero-order valence-electron chi connectivity index (χ0n) is 18.9. The lowest BCUT2D eigenvalue weighted by atomic mass is 10.1. The fourth-order valence-corrected chi connectivity index (χ4v) is 5.09. The van der Waals surface area contributed by atoms with Gasteiger partial charge in [-0.15, -0.1) is 0 Å². The van der Waals surface area contributed by atoms with E-state index in [1.54, 1.807) is 36.6 Å². The molecule has 1 amide bonds. The second-order valence-corrected chi connectivity index (χ2v) is 9.95. The molecule has 1 aliphatic heterocycles. The number of benzene rings is 2. The molecule has 0 unspecified atom stereocenters. The normalized spacial score (nSPS) is 13.8. The molecule has 0 aliphatic carbocycles. The number of nitrogens with one attached hydrogen (secondary N) is 2. The number of anilines is 1. The highest BCUT2D eigenvalue weighted by molar-refractivity contribution is 7.90. The van der Waals surface area contributed by atoms with Crippen LogP contribution >= 0.6 is 0 Å². The number of amides is 1. The zero-order valence-corrected chi connectivity index (χ0v) is 19.7. The predicted octanol–water partition coefficient (Wildman–Crippen LogP) is 5.63. The van der Waals surface area contributed by atoms with Gasteiger partial charge in [0.15, 0.2) is 5.76 Å². The maximum Gasteiger partial charge on any atom is 0.262 e. The first-order chi connectivity index (χ1) is 17.0. The summed E-state index contributed by atoms with van der Waals surface area (Å²) in [6, 6.07) is 18.7. The van der Waals surface area contributed by atoms with Gasteiger partial charge in [-0.3, -0.25) is 14.5 Å². The fourth-order valence-electron chi connectivity index (χ4n) is 4.00. The van der Waals surface area contributed by atoms with Crippen molar-refractivity contribution in [3.63, 3.8) is 0 Å². The Bertz CT molecular complexity index is 1490. The van der Waals surface area contributed by atoms with Crippen LogP contribution in [-0.2, 0) is 10.0 Å². The Kier molecular flexibility index (Phi) is 7.49. The summed E-state index contributed by atoms with van der Waals surface area (Å²) in [5, 5.41) is 3.56. The quantitative estimate of drug-likeness (QED) is 0.365. The largest absolute Gasteiger partial charge is 0.463 e. The third-order valence-electron chi connectivity index (χ3n) is 5.78. The lowest BCUT2D eigenvalue weighted by molar-refractivity contribution is 0.102. The van der Waals surface area contributed by atoms with Gasteiger partial charge in [-0.2, -0.15) is 0 Å². The molecule has 3 heterocycles. The molecule has 0 radical (unpaired) electrons. The van der Waals surface area contributed by atoms with Crippen molar-refractivity contribution in [3.8, 4) is 11.5 Å². The number of aromatic nitrogens is 1. The standard InChI is InChI=1S/C26H24N4O4S.CH4/c31-26(21-17-23(24-9-6-16-34-24)29-22-8-4-3-7-20(21)22)28-18-11-13-19(14-12-18)35(32,33)30-25-10-2-1-5-15-27-25;/h3-4,6-9,11-14,16-17H,1-2,5,10,15H2,(H,27,30)(H,28,31);1H4. The summed E-state index contributed by atoms with van der Waals surface area (Å²) in [4.78, 5) is 22.3. The number of carbonyl (C=O) groups is 1. The van der Waals surface area contributed by atoms with E-state index in [-0.39, 0.29) is 18.2 Å². The Hall–Kier alpha value is -3.98. The monoisotopic (exact) mass is 504 g/mol. The molecule has 9 heteroatoms. The molecule has 2 aromatic carbocycles. The number of hydrogen-bond donors (Lipinski definition) is 2. The van der Waals surface area contributed by atoms with Crippen LogP contribution in [0.25, 0.3) is 22.4 Å². The molecule has 0 atom stereocenters. The van der Waals surface area contributed by atoms with Crippen molar-refractivity contribution in [1.82, 2.24) is 9.71 Å². The summed E-state index contributed by atoms with van der Waals surface area (Å²) in [5.41, 5.74) is 2.13. The van der Waals surface area contributed by atoms with E-state index >= 15 is 0 Å². The minimum absolute atomic E-state index is 0. The van der Waals surface area contributed by atoms with Gasteiger partial charge < -0.3 is 9.73 Å². The average molecular weight is 505 g/mol. The highest BCUT2D eigenvalue weighted by atomic mass is 32.2. The number of para-hydroxylation sites is 1. The van der Waals surface area contributed by atoms with Crippen molar-refractivity contribution in [2.75, 3.05) is 11.9 Å². The summed E-state index contributed by atoms with van der Waals surface area (Å²) >= 11 is 0. The van der Waals surface area contributed by atoms with Crippen LogP contribution in [0.3, 0.4) is 0 Å². The lowest BCUT2D eigenvalue weighted by Crippen LogP contribution is -2.30. The van der Waals surface area contributed by atoms with E-state index in [2.05, 4.69) is 20.0 Å². The Labute approximate surface area is 210 Å². The van der Waals surface area contributed by atoms with Gasteiger partial charge >= 0.3 is 0 Å². The molecule has 0 bridgehead atoms. The van der Waals surface area contributed by atoms with Crippen molar-refractivity contribution < 1.29 is 17.6 Å². The molecule has 0 fully saturated rings. The van der Waals surface area contributed by atoms with Gasteiger partial charge in [0, 0.05) is 24.0 Å². The highest BCUT2D eigenvalue weighted by Gasteiger charge is 2.19. The smallest absolute Gasteiger partial charge is 0.262 e. The number of aliphatic imine (C=N–C) groups is 1. The van der Waals surface area contributed by atoms with E-state index in [0.29, 0.717) is 52.4 Å². The molecular formula is C27H28N4O4S. The molecule has 4 aromatic rings. The topological polar surface area (TPSA) is 114 Å². The van der Waals surface area contributed by atoms with E-state index < -0.39 is 10.0 Å². The van der Waals surface area contributed by atoms with Gasteiger partial charge in [0.2, 0.25) is 0 Å². The fraction of sp³-hybridized carbons (Fsp3) is 0.222. The van der Waals surface area contributed by atoms with Gasteiger partial charge in [-0.1, -0.05) is 32.0 Å². The molecule has 186 valence electrons. The van der Waals surface area contributed by atoms with Crippen LogP contribution in [-0.4, -0.2) is 31.7 Å². The van der Waals surface area contributed by atoms with E-state index in [9.17, 15) is 13.2 Å². The number of pyridine rings is 1. The van der Waals surface area contributed by atoms with Crippen molar-refractivity contribution in [1.29, 1.82) is 0 Å². The first-order valence-corrected chi connectivity index (χ1v) is 12.9. The van der Waals surface area contributed by atoms with Crippen LogP contribution in [0.5, 0.6) is 0 Å². The molecule has 0 saturated carbocycles. The number of hydrogen-bond acceptors (Lipinski definition) is 6. The SMILES string of the molecule is C.O=C(Nc1ccc(S(=O)(=O)NC2=NCCCCC2)cc1)c1cc(-c2ccco2)nc2ccccc12. The Morgan fingerprint density at radius 3 is 2.53 bits per heavy atom. The predicted molar refractivity (Wildman–Crippen MR) is 142 cm³/mol. The van der Waals surface area contributed by atoms with Gasteiger partial charge in [-0.25, -0.2) is 13.4 Å². The third kappa shape index (κ3) is 5.46. The van der Waals surface area contributed by atoms with Crippen LogP contribution in [0.2, 0.25) is 0 Å². The maximum absolute atomic E-state index is 13.2. The van der Waals surface area contributed by atoms with Crippen molar-refractivity contribution >= 4 is 38.4 Å². The summed E-state index contributed by atoms with van der Waals surface area (Å²) < 4.78 is 33.6. The molecule has 36 heavy (non-hydrogen) atoms. The van der Waals surface area contributed by atoms with E-state index in [4.69, 9.17) is 4.42 Å². The Morgan fingerprint density at radius 1 is 0.944 bits per heavy atom. The number of amidine groups is 1. The third-order valence-corrected chi connectivity index (χ3v) is 7.18. The first-order valence-electron chi connectivity index (χ1n) is 11.4. The molecular weight excluding hydrogens is 476 g/mol. The molecule has 1 aliphatic rings. The molecule has 5 rings (SSSR count). The molecule has 8 nitrogen and oxygen atoms in total. The maximum atomic E-state index is 13.2. The summed E-state index contributed by atoms with van der Waals surface area (Å²) in [5.74, 6) is 0.722. The van der Waals surface area contributed by atoms with Crippen molar-refractivity contribution in [3.05, 3.63) is 78.6 Å². The van der Waals surface area contributed by atoms with Gasteiger partial charge in [0.05, 0.1) is 22.2 Å². The highest BCUT2D eigenvalue weighted by Crippen LogP contribution is 2.26.